The number of rotatable bonds is 11. The summed E-state index contributed by atoms with van der Waals surface area (Å²) >= 11 is 0. The SMILES string of the molecule is CCCCCCP(CCCCCC)C1=CC=CC1. The molecule has 0 aromatic carbocycles. The summed E-state index contributed by atoms with van der Waals surface area (Å²) in [5, 5.41) is 1.78. The van der Waals surface area contributed by atoms with Crippen molar-refractivity contribution in [2.45, 2.75) is 71.6 Å². The van der Waals surface area contributed by atoms with E-state index >= 15 is 0 Å². The first kappa shape index (κ1) is 16.0. The Morgan fingerprint density at radius 2 is 1.50 bits per heavy atom. The van der Waals surface area contributed by atoms with E-state index in [9.17, 15) is 0 Å². The van der Waals surface area contributed by atoms with Crippen molar-refractivity contribution in [2.75, 3.05) is 12.3 Å². The Morgan fingerprint density at radius 3 is 1.94 bits per heavy atom. The summed E-state index contributed by atoms with van der Waals surface area (Å²) in [4.78, 5) is 0. The van der Waals surface area contributed by atoms with E-state index in [0.717, 1.165) is 0 Å². The molecule has 0 heterocycles. The van der Waals surface area contributed by atoms with Gasteiger partial charge in [-0.2, -0.15) is 0 Å². The van der Waals surface area contributed by atoms with Crippen LogP contribution in [0.1, 0.15) is 71.6 Å². The van der Waals surface area contributed by atoms with Gasteiger partial charge in [-0.05, 0) is 36.9 Å². The maximum Gasteiger partial charge on any atom is -0.00899 e. The molecule has 0 aromatic rings. The quantitative estimate of drug-likeness (QED) is 0.297. The molecular weight excluding hydrogens is 235 g/mol. The van der Waals surface area contributed by atoms with Crippen LogP contribution < -0.4 is 0 Å². The average Bonchev–Trinajstić information content (AvgIpc) is 2.91. The molecule has 1 heteroatoms. The second kappa shape index (κ2) is 10.8. The van der Waals surface area contributed by atoms with Crippen molar-refractivity contribution in [3.8, 4) is 0 Å². The fraction of sp³-hybridized carbons (Fsp3) is 0.765. The van der Waals surface area contributed by atoms with Crippen molar-refractivity contribution < 1.29 is 0 Å². The van der Waals surface area contributed by atoms with Gasteiger partial charge in [-0.25, -0.2) is 0 Å². The van der Waals surface area contributed by atoms with Gasteiger partial charge in [0.1, 0.15) is 0 Å². The number of allylic oxidation sites excluding steroid dienone is 4. The molecule has 1 rings (SSSR count). The predicted octanol–water partition coefficient (Wildman–Crippen LogP) is 6.47. The molecule has 0 N–H and O–H groups in total. The molecule has 0 atom stereocenters. The molecule has 18 heavy (non-hydrogen) atoms. The Labute approximate surface area is 116 Å². The van der Waals surface area contributed by atoms with Crippen LogP contribution in [0.4, 0.5) is 0 Å². The summed E-state index contributed by atoms with van der Waals surface area (Å²) in [7, 11) is 0.204. The first-order valence-electron chi connectivity index (χ1n) is 7.99. The standard InChI is InChI=1S/C17H31P/c1-3-5-7-11-15-18(16-12-8-6-4-2)17-13-9-10-14-17/h9-10,13H,3-8,11-12,14-16H2,1-2H3. The molecule has 0 saturated heterocycles. The van der Waals surface area contributed by atoms with Gasteiger partial charge in [0.25, 0.3) is 0 Å². The van der Waals surface area contributed by atoms with Crippen molar-refractivity contribution in [1.82, 2.24) is 0 Å². The van der Waals surface area contributed by atoms with Crippen molar-refractivity contribution in [3.05, 3.63) is 23.5 Å². The van der Waals surface area contributed by atoms with Crippen LogP contribution >= 0.6 is 7.92 Å². The van der Waals surface area contributed by atoms with E-state index in [1.54, 1.807) is 5.31 Å². The molecule has 1 aliphatic carbocycles. The Bertz CT molecular complexity index is 240. The third-order valence-corrected chi connectivity index (χ3v) is 6.58. The fourth-order valence-corrected chi connectivity index (χ4v) is 5.20. The van der Waals surface area contributed by atoms with E-state index in [2.05, 4.69) is 32.1 Å². The minimum absolute atomic E-state index is 0.204. The molecule has 0 aromatic heterocycles. The average molecular weight is 266 g/mol. The fourth-order valence-electron chi connectivity index (χ4n) is 2.53. The van der Waals surface area contributed by atoms with Crippen molar-refractivity contribution in [2.24, 2.45) is 0 Å². The largest absolute Gasteiger partial charge is 0.0801 e. The van der Waals surface area contributed by atoms with Gasteiger partial charge in [0.05, 0.1) is 0 Å². The van der Waals surface area contributed by atoms with Crippen LogP contribution in [-0.2, 0) is 0 Å². The maximum absolute atomic E-state index is 2.41. The van der Waals surface area contributed by atoms with Gasteiger partial charge in [0.15, 0.2) is 0 Å². The van der Waals surface area contributed by atoms with E-state index in [-0.39, 0.29) is 7.92 Å². The maximum atomic E-state index is 2.41. The van der Waals surface area contributed by atoms with Crippen LogP contribution in [0.5, 0.6) is 0 Å². The summed E-state index contributed by atoms with van der Waals surface area (Å²) < 4.78 is 0. The summed E-state index contributed by atoms with van der Waals surface area (Å²) in [6.07, 6.45) is 22.7. The van der Waals surface area contributed by atoms with Crippen LogP contribution in [0.15, 0.2) is 23.5 Å². The summed E-state index contributed by atoms with van der Waals surface area (Å²) in [5.41, 5.74) is 0. The van der Waals surface area contributed by atoms with E-state index in [1.165, 1.54) is 70.1 Å². The predicted molar refractivity (Wildman–Crippen MR) is 86.8 cm³/mol. The van der Waals surface area contributed by atoms with Gasteiger partial charge in [-0.1, -0.05) is 78.5 Å². The molecular formula is C17H31P. The van der Waals surface area contributed by atoms with E-state index in [1.807, 2.05) is 0 Å². The van der Waals surface area contributed by atoms with Gasteiger partial charge in [0.2, 0.25) is 0 Å². The molecule has 0 bridgehead atoms. The molecule has 0 amide bonds. The van der Waals surface area contributed by atoms with Gasteiger partial charge in [-0.3, -0.25) is 0 Å². The molecule has 0 saturated carbocycles. The molecule has 1 aliphatic rings. The first-order valence-corrected chi connectivity index (χ1v) is 9.70. The highest BCUT2D eigenvalue weighted by Gasteiger charge is 2.13. The summed E-state index contributed by atoms with van der Waals surface area (Å²) in [5.74, 6) is 0. The van der Waals surface area contributed by atoms with Crippen LogP contribution in [0.2, 0.25) is 0 Å². The van der Waals surface area contributed by atoms with Gasteiger partial charge in [0, 0.05) is 0 Å². The second-order valence-electron chi connectivity index (χ2n) is 5.40. The minimum Gasteiger partial charge on any atom is -0.0801 e. The van der Waals surface area contributed by atoms with Crippen LogP contribution in [-0.4, -0.2) is 12.3 Å². The third-order valence-electron chi connectivity index (χ3n) is 3.72. The highest BCUT2D eigenvalue weighted by Crippen LogP contribution is 2.49. The third kappa shape index (κ3) is 6.74. The van der Waals surface area contributed by atoms with Crippen molar-refractivity contribution in [3.63, 3.8) is 0 Å². The van der Waals surface area contributed by atoms with Gasteiger partial charge < -0.3 is 0 Å². The molecule has 0 spiro atoms. The molecule has 0 nitrogen and oxygen atoms in total. The van der Waals surface area contributed by atoms with E-state index in [0.29, 0.717) is 0 Å². The number of unbranched alkanes of at least 4 members (excludes halogenated alkanes) is 6. The summed E-state index contributed by atoms with van der Waals surface area (Å²) in [6, 6.07) is 0. The lowest BCUT2D eigenvalue weighted by Gasteiger charge is -2.19. The number of hydrogen-bond donors (Lipinski definition) is 0. The first-order chi connectivity index (χ1) is 8.88. The zero-order valence-corrected chi connectivity index (χ0v) is 13.4. The lowest BCUT2D eigenvalue weighted by atomic mass is 10.2. The topological polar surface area (TPSA) is 0 Å². The Kier molecular flexibility index (Phi) is 9.58. The molecule has 104 valence electrons. The van der Waals surface area contributed by atoms with Crippen molar-refractivity contribution in [1.29, 1.82) is 0 Å². The second-order valence-corrected chi connectivity index (χ2v) is 7.95. The number of hydrogen-bond acceptors (Lipinski definition) is 0. The lowest BCUT2D eigenvalue weighted by molar-refractivity contribution is 0.696. The smallest absolute Gasteiger partial charge is 0.00899 e. The zero-order chi connectivity index (χ0) is 13.1. The lowest BCUT2D eigenvalue weighted by Crippen LogP contribution is -1.94. The van der Waals surface area contributed by atoms with Crippen molar-refractivity contribution >= 4 is 7.92 Å². The monoisotopic (exact) mass is 266 g/mol. The zero-order valence-electron chi connectivity index (χ0n) is 12.5. The Hall–Kier alpha value is -0.0900. The minimum atomic E-state index is 0.204. The van der Waals surface area contributed by atoms with Crippen LogP contribution in [0.25, 0.3) is 0 Å². The normalized spacial score (nSPS) is 14.5. The Morgan fingerprint density at radius 1 is 0.889 bits per heavy atom. The molecule has 0 aliphatic heterocycles. The van der Waals surface area contributed by atoms with Crippen LogP contribution in [0.3, 0.4) is 0 Å². The Balaban J connectivity index is 2.23. The van der Waals surface area contributed by atoms with E-state index in [4.69, 9.17) is 0 Å². The van der Waals surface area contributed by atoms with Gasteiger partial charge >= 0.3 is 0 Å². The highest BCUT2D eigenvalue weighted by atomic mass is 31.1. The summed E-state index contributed by atoms with van der Waals surface area (Å²) in [6.45, 7) is 4.61. The molecule has 0 radical (unpaired) electrons. The van der Waals surface area contributed by atoms with Gasteiger partial charge in [-0.15, -0.1) is 0 Å². The highest BCUT2D eigenvalue weighted by molar-refractivity contribution is 7.62. The van der Waals surface area contributed by atoms with E-state index < -0.39 is 0 Å². The van der Waals surface area contributed by atoms with Crippen LogP contribution in [0, 0.1) is 0 Å². The molecule has 0 fully saturated rings. The molecule has 0 unspecified atom stereocenters.